The Balaban J connectivity index is 1.07. The SMILES string of the molecule is O=C(/C=C/c1ccc(O)c(O)c1)OC1CCC(O)C(OC(=O)/C=C/c2ccc3c(c2)OC2(c4ccc(O)c(O)c4)Oc4cc(O)cc(O)c4C(=O)C2(O)O3)C1. The van der Waals surface area contributed by atoms with E-state index in [1.807, 2.05) is 0 Å². The van der Waals surface area contributed by atoms with Gasteiger partial charge in [-0.15, -0.1) is 0 Å². The summed E-state index contributed by atoms with van der Waals surface area (Å²) in [4.78, 5) is 39.2. The predicted molar refractivity (Wildman–Crippen MR) is 186 cm³/mol. The molecule has 16 nitrogen and oxygen atoms in total. The molecule has 0 bridgehead atoms. The topological polar surface area (TPSA) is 259 Å². The van der Waals surface area contributed by atoms with Crippen molar-refractivity contribution in [2.45, 2.75) is 49.1 Å². The first-order valence-corrected chi connectivity index (χ1v) is 16.7. The number of esters is 2. The number of phenols is 6. The van der Waals surface area contributed by atoms with E-state index in [1.54, 1.807) is 0 Å². The van der Waals surface area contributed by atoms with Gasteiger partial charge >= 0.3 is 23.5 Å². The molecule has 5 atom stereocenters. The van der Waals surface area contributed by atoms with Crippen LogP contribution in [0.1, 0.15) is 46.3 Å². The molecule has 0 radical (unpaired) electrons. The Bertz CT molecular complexity index is 2280. The summed E-state index contributed by atoms with van der Waals surface area (Å²) >= 11 is 0. The summed E-state index contributed by atoms with van der Waals surface area (Å²) in [5.74, 6) is -12.2. The fourth-order valence-electron chi connectivity index (χ4n) is 6.46. The summed E-state index contributed by atoms with van der Waals surface area (Å²) in [7, 11) is 0. The average molecular weight is 757 g/mol. The van der Waals surface area contributed by atoms with Crippen molar-refractivity contribution in [3.8, 4) is 51.7 Å². The summed E-state index contributed by atoms with van der Waals surface area (Å²) < 4.78 is 28.9. The van der Waals surface area contributed by atoms with E-state index in [0.717, 1.165) is 36.4 Å². The molecule has 0 saturated heterocycles. The van der Waals surface area contributed by atoms with E-state index in [2.05, 4.69) is 0 Å². The lowest BCUT2D eigenvalue weighted by Crippen LogP contribution is -2.70. The van der Waals surface area contributed by atoms with Crippen LogP contribution in [0.3, 0.4) is 0 Å². The fraction of sp³-hybridized carbons (Fsp3) is 0.205. The lowest BCUT2D eigenvalue weighted by molar-refractivity contribution is -0.316. The number of aliphatic hydroxyl groups is 2. The van der Waals surface area contributed by atoms with E-state index in [4.69, 9.17) is 23.7 Å². The normalized spacial score (nSPS) is 24.1. The summed E-state index contributed by atoms with van der Waals surface area (Å²) in [6, 6.07) is 13.2. The summed E-state index contributed by atoms with van der Waals surface area (Å²) in [6.07, 6.45) is 2.71. The van der Waals surface area contributed by atoms with E-state index in [9.17, 15) is 55.2 Å². The van der Waals surface area contributed by atoms with Crippen LogP contribution in [0, 0.1) is 0 Å². The smallest absolute Gasteiger partial charge is 0.357 e. The summed E-state index contributed by atoms with van der Waals surface area (Å²) in [6.45, 7) is 0. The number of carbonyl (C=O) groups excluding carboxylic acids is 3. The maximum Gasteiger partial charge on any atom is 0.357 e. The number of benzene rings is 4. The molecular weight excluding hydrogens is 724 g/mol. The third kappa shape index (κ3) is 6.75. The highest BCUT2D eigenvalue weighted by Crippen LogP contribution is 2.55. The zero-order valence-corrected chi connectivity index (χ0v) is 28.4. The number of ether oxygens (including phenoxy) is 5. The Hall–Kier alpha value is -6.91. The molecule has 2 aliphatic heterocycles. The van der Waals surface area contributed by atoms with Gasteiger partial charge in [0.25, 0.3) is 5.78 Å². The van der Waals surface area contributed by atoms with Crippen LogP contribution in [-0.2, 0) is 24.8 Å². The van der Waals surface area contributed by atoms with Crippen molar-refractivity contribution in [1.82, 2.24) is 0 Å². The van der Waals surface area contributed by atoms with E-state index < -0.39 is 81.9 Å². The number of Topliss-reactive ketones (excluding diaryl/α,β-unsaturated/α-hetero) is 1. The molecule has 2 heterocycles. The van der Waals surface area contributed by atoms with E-state index >= 15 is 0 Å². The highest BCUT2D eigenvalue weighted by Gasteiger charge is 2.70. The molecular formula is C39H32O16. The van der Waals surface area contributed by atoms with Gasteiger partial charge in [0, 0.05) is 36.3 Å². The fourth-order valence-corrected chi connectivity index (χ4v) is 6.46. The number of ketones is 1. The third-order valence-corrected chi connectivity index (χ3v) is 9.22. The largest absolute Gasteiger partial charge is 0.508 e. The molecule has 4 aromatic carbocycles. The van der Waals surface area contributed by atoms with Gasteiger partial charge in [0.1, 0.15) is 35.0 Å². The predicted octanol–water partition coefficient (Wildman–Crippen LogP) is 3.60. The zero-order valence-electron chi connectivity index (χ0n) is 28.4. The van der Waals surface area contributed by atoms with Gasteiger partial charge in [-0.25, -0.2) is 9.59 Å². The molecule has 0 spiro atoms. The van der Waals surface area contributed by atoms with Crippen LogP contribution in [0.4, 0.5) is 0 Å². The molecule has 8 N–H and O–H groups in total. The highest BCUT2D eigenvalue weighted by molar-refractivity contribution is 6.08. The number of phenolic OH excluding ortho intramolecular Hbond substituents is 6. The molecule has 0 amide bonds. The van der Waals surface area contributed by atoms with Gasteiger partial charge in [0.05, 0.1) is 6.10 Å². The maximum absolute atomic E-state index is 13.8. The number of fused-ring (bicyclic) bond motifs is 3. The van der Waals surface area contributed by atoms with Crippen LogP contribution in [0.2, 0.25) is 0 Å². The van der Waals surface area contributed by atoms with Crippen molar-refractivity contribution in [3.05, 3.63) is 101 Å². The summed E-state index contributed by atoms with van der Waals surface area (Å²) in [5.41, 5.74) is 0.00926. The second-order valence-corrected chi connectivity index (χ2v) is 13.0. The molecule has 0 aromatic heterocycles. The molecule has 3 aliphatic rings. The molecule has 4 aromatic rings. The summed E-state index contributed by atoms with van der Waals surface area (Å²) in [5, 5.41) is 82.4. The number of rotatable bonds is 7. The average Bonchev–Trinajstić information content (AvgIpc) is 3.13. The molecule has 1 saturated carbocycles. The van der Waals surface area contributed by atoms with Crippen LogP contribution in [0.15, 0.2) is 78.9 Å². The van der Waals surface area contributed by atoms with Crippen molar-refractivity contribution in [2.24, 2.45) is 0 Å². The highest BCUT2D eigenvalue weighted by atomic mass is 16.8. The standard InChI is InChI=1S/C39H32O16/c40-22-16-29(46)36-33(17-22)55-39(21-5-8-25(42)28(45)15-21)38(50,37(36)49)53-30-10-2-20(14-32(30)54-39)4-12-35(48)52-31-18-23(6-9-26(31)43)51-34(47)11-3-19-1-7-24(41)27(44)13-19/h1-5,7-8,10-17,23,26,31,40-46,50H,6,9,18H2/b11-3+,12-4+. The lowest BCUT2D eigenvalue weighted by Gasteiger charge is -2.50. The van der Waals surface area contributed by atoms with Gasteiger partial charge in [0.15, 0.2) is 34.5 Å². The molecule has 5 unspecified atom stereocenters. The molecule has 1 fully saturated rings. The monoisotopic (exact) mass is 756 g/mol. The van der Waals surface area contributed by atoms with Crippen molar-refractivity contribution in [1.29, 1.82) is 0 Å². The van der Waals surface area contributed by atoms with E-state index in [-0.39, 0.29) is 41.4 Å². The Morgan fingerprint density at radius 2 is 1.31 bits per heavy atom. The van der Waals surface area contributed by atoms with Crippen molar-refractivity contribution in [2.75, 3.05) is 0 Å². The quantitative estimate of drug-likeness (QED) is 0.0761. The lowest BCUT2D eigenvalue weighted by atomic mass is 9.85. The number of aliphatic hydroxyl groups excluding tert-OH is 1. The number of aromatic hydroxyl groups is 6. The maximum atomic E-state index is 13.8. The van der Waals surface area contributed by atoms with Crippen molar-refractivity contribution < 1.29 is 78.9 Å². The first-order valence-electron chi connectivity index (χ1n) is 16.7. The Kier molecular flexibility index (Phi) is 9.16. The number of hydrogen-bond donors (Lipinski definition) is 8. The number of hydrogen-bond acceptors (Lipinski definition) is 16. The Labute approximate surface area is 310 Å². The van der Waals surface area contributed by atoms with Gasteiger partial charge in [0.2, 0.25) is 0 Å². The van der Waals surface area contributed by atoms with Crippen molar-refractivity contribution in [3.63, 3.8) is 0 Å². The van der Waals surface area contributed by atoms with E-state index in [1.165, 1.54) is 54.6 Å². The van der Waals surface area contributed by atoms with Gasteiger partial charge in [-0.05, 0) is 78.6 Å². The third-order valence-electron chi connectivity index (χ3n) is 9.22. The minimum atomic E-state index is -3.04. The van der Waals surface area contributed by atoms with Gasteiger partial charge in [-0.2, -0.15) is 0 Å². The minimum Gasteiger partial charge on any atom is -0.508 e. The van der Waals surface area contributed by atoms with Crippen LogP contribution >= 0.6 is 0 Å². The van der Waals surface area contributed by atoms with Crippen LogP contribution < -0.4 is 14.2 Å². The van der Waals surface area contributed by atoms with Crippen LogP contribution in [0.5, 0.6) is 51.7 Å². The minimum absolute atomic E-state index is 0.0134. The van der Waals surface area contributed by atoms with Gasteiger partial charge in [-0.1, -0.05) is 12.1 Å². The molecule has 1 aliphatic carbocycles. The Morgan fingerprint density at radius 1 is 0.673 bits per heavy atom. The van der Waals surface area contributed by atoms with Gasteiger partial charge in [-0.3, -0.25) is 4.79 Å². The molecule has 284 valence electrons. The first kappa shape index (κ1) is 36.4. The molecule has 16 heteroatoms. The molecule has 7 rings (SSSR count). The number of carbonyl (C=O) groups is 3. The second kappa shape index (κ2) is 13.8. The molecule has 55 heavy (non-hydrogen) atoms. The van der Waals surface area contributed by atoms with Crippen LogP contribution in [-0.4, -0.2) is 82.7 Å². The van der Waals surface area contributed by atoms with Crippen molar-refractivity contribution >= 4 is 29.9 Å². The van der Waals surface area contributed by atoms with Crippen LogP contribution in [0.25, 0.3) is 12.2 Å². The Morgan fingerprint density at radius 3 is 2.02 bits per heavy atom. The first-order chi connectivity index (χ1) is 26.2. The zero-order chi connectivity index (χ0) is 39.2. The second-order valence-electron chi connectivity index (χ2n) is 13.0. The van der Waals surface area contributed by atoms with E-state index in [0.29, 0.717) is 17.5 Å². The van der Waals surface area contributed by atoms with Gasteiger partial charge < -0.3 is 64.5 Å².